The monoisotopic (exact) mass is 409 g/mol. The minimum atomic E-state index is -0.207. The summed E-state index contributed by atoms with van der Waals surface area (Å²) in [5.41, 5.74) is 1.07. The Balaban J connectivity index is 1.95. The fourth-order valence-corrected chi connectivity index (χ4v) is 3.88. The van der Waals surface area contributed by atoms with Crippen molar-refractivity contribution in [3.05, 3.63) is 52.3 Å². The minimum absolute atomic E-state index is 0.0000377. The van der Waals surface area contributed by atoms with Crippen molar-refractivity contribution in [1.82, 2.24) is 9.88 Å². The van der Waals surface area contributed by atoms with Gasteiger partial charge < -0.3 is 4.74 Å². The number of carbonyl (C=O) groups excluding carboxylic acids is 1. The predicted molar refractivity (Wildman–Crippen MR) is 107 cm³/mol. The van der Waals surface area contributed by atoms with Gasteiger partial charge in [-0.25, -0.2) is 9.98 Å². The molecule has 3 rings (SSSR count). The van der Waals surface area contributed by atoms with E-state index in [-0.39, 0.29) is 22.1 Å². The van der Waals surface area contributed by atoms with Crippen molar-refractivity contribution in [2.75, 3.05) is 12.4 Å². The van der Waals surface area contributed by atoms with Gasteiger partial charge in [-0.05, 0) is 32.0 Å². The molecule has 8 heteroatoms. The van der Waals surface area contributed by atoms with Crippen LogP contribution in [-0.2, 0) is 0 Å². The summed E-state index contributed by atoms with van der Waals surface area (Å²) in [7, 11) is 0. The molecule has 1 aromatic carbocycles. The second kappa shape index (κ2) is 8.29. The lowest BCUT2D eigenvalue weighted by Gasteiger charge is -2.21. The molecule has 1 aliphatic rings. The number of rotatable bonds is 4. The number of aromatic nitrogens is 1. The first-order valence-electron chi connectivity index (χ1n) is 8.09. The Kier molecular flexibility index (Phi) is 6.06. The number of para-hydroxylation sites is 2. The molecule has 0 aliphatic carbocycles. The van der Waals surface area contributed by atoms with E-state index in [0.29, 0.717) is 28.8 Å². The number of nitrogens with zero attached hydrogens (tertiary/aromatic N) is 3. The van der Waals surface area contributed by atoms with Crippen LogP contribution in [0.1, 0.15) is 24.2 Å². The normalized spacial score (nSPS) is 18.4. The Morgan fingerprint density at radius 3 is 2.92 bits per heavy atom. The van der Waals surface area contributed by atoms with E-state index in [2.05, 4.69) is 9.98 Å². The standard InChI is InChI=1S/C18H17Cl2N3O2S/c1-3-25-15-7-5-4-6-14(15)22-18-23(11(2)10-26-18)17(24)12-8-13(19)16(20)21-9-12/h4-9,11H,3,10H2,1-2H3/t11-/m0/s1. The van der Waals surface area contributed by atoms with E-state index in [1.165, 1.54) is 24.0 Å². The third-order valence-corrected chi connectivity index (χ3v) is 5.63. The number of hydrogen-bond donors (Lipinski definition) is 0. The van der Waals surface area contributed by atoms with E-state index in [9.17, 15) is 4.79 Å². The van der Waals surface area contributed by atoms with Crippen LogP contribution in [0, 0.1) is 0 Å². The molecule has 1 aromatic heterocycles. The highest BCUT2D eigenvalue weighted by atomic mass is 35.5. The Bertz CT molecular complexity index is 860. The highest BCUT2D eigenvalue weighted by molar-refractivity contribution is 8.14. The first-order chi connectivity index (χ1) is 12.5. The van der Waals surface area contributed by atoms with E-state index in [0.717, 1.165) is 5.75 Å². The van der Waals surface area contributed by atoms with Crippen LogP contribution in [0.3, 0.4) is 0 Å². The van der Waals surface area contributed by atoms with Gasteiger partial charge in [0.1, 0.15) is 16.6 Å². The van der Waals surface area contributed by atoms with Gasteiger partial charge in [0.2, 0.25) is 0 Å². The zero-order chi connectivity index (χ0) is 18.7. The van der Waals surface area contributed by atoms with E-state index in [1.54, 1.807) is 4.90 Å². The number of ether oxygens (including phenoxy) is 1. The average Bonchev–Trinajstić information content (AvgIpc) is 2.99. The smallest absolute Gasteiger partial charge is 0.261 e. The molecule has 1 saturated heterocycles. The van der Waals surface area contributed by atoms with Crippen molar-refractivity contribution in [3.63, 3.8) is 0 Å². The lowest BCUT2D eigenvalue weighted by atomic mass is 10.2. The van der Waals surface area contributed by atoms with E-state index < -0.39 is 0 Å². The Morgan fingerprint density at radius 1 is 1.42 bits per heavy atom. The van der Waals surface area contributed by atoms with Crippen LogP contribution in [0.2, 0.25) is 10.2 Å². The summed E-state index contributed by atoms with van der Waals surface area (Å²) in [6.07, 6.45) is 1.43. The van der Waals surface area contributed by atoms with Gasteiger partial charge in [0, 0.05) is 18.0 Å². The topological polar surface area (TPSA) is 54.8 Å². The summed E-state index contributed by atoms with van der Waals surface area (Å²) in [5.74, 6) is 1.24. The lowest BCUT2D eigenvalue weighted by molar-refractivity contribution is 0.0828. The highest BCUT2D eigenvalue weighted by Crippen LogP contribution is 2.33. The number of amidine groups is 1. The second-order valence-electron chi connectivity index (χ2n) is 5.63. The lowest BCUT2D eigenvalue weighted by Crippen LogP contribution is -2.37. The molecule has 0 saturated carbocycles. The maximum absolute atomic E-state index is 13.0. The molecule has 0 unspecified atom stereocenters. The van der Waals surface area contributed by atoms with Crippen LogP contribution >= 0.6 is 35.0 Å². The average molecular weight is 410 g/mol. The van der Waals surface area contributed by atoms with E-state index in [1.807, 2.05) is 38.1 Å². The fourth-order valence-electron chi connectivity index (χ4n) is 2.51. The molecule has 1 fully saturated rings. The quantitative estimate of drug-likeness (QED) is 0.662. The SMILES string of the molecule is CCOc1ccccc1N=C1SC[C@H](C)N1C(=O)c1cnc(Cl)c(Cl)c1. The molecule has 1 atom stereocenters. The van der Waals surface area contributed by atoms with Crippen molar-refractivity contribution < 1.29 is 9.53 Å². The van der Waals surface area contributed by atoms with Crippen LogP contribution in [0.25, 0.3) is 0 Å². The highest BCUT2D eigenvalue weighted by Gasteiger charge is 2.33. The van der Waals surface area contributed by atoms with Crippen molar-refractivity contribution in [2.45, 2.75) is 19.9 Å². The van der Waals surface area contributed by atoms with Crippen molar-refractivity contribution >= 4 is 51.7 Å². The minimum Gasteiger partial charge on any atom is -0.492 e. The molecule has 1 aliphatic heterocycles. The van der Waals surface area contributed by atoms with Crippen LogP contribution < -0.4 is 4.74 Å². The molecule has 0 spiro atoms. The summed E-state index contributed by atoms with van der Waals surface area (Å²) >= 11 is 13.4. The van der Waals surface area contributed by atoms with Crippen molar-refractivity contribution in [3.8, 4) is 5.75 Å². The van der Waals surface area contributed by atoms with E-state index in [4.69, 9.17) is 27.9 Å². The van der Waals surface area contributed by atoms with Gasteiger partial charge in [-0.1, -0.05) is 47.1 Å². The molecule has 0 N–H and O–H groups in total. The zero-order valence-corrected chi connectivity index (χ0v) is 16.6. The Morgan fingerprint density at radius 2 is 2.19 bits per heavy atom. The molecule has 0 radical (unpaired) electrons. The van der Waals surface area contributed by atoms with Crippen molar-refractivity contribution in [1.29, 1.82) is 0 Å². The molecule has 2 heterocycles. The third-order valence-electron chi connectivity index (χ3n) is 3.74. The van der Waals surface area contributed by atoms with Gasteiger partial charge in [0.15, 0.2) is 5.17 Å². The summed E-state index contributed by atoms with van der Waals surface area (Å²) < 4.78 is 5.62. The number of carbonyl (C=O) groups is 1. The molecule has 2 aromatic rings. The van der Waals surface area contributed by atoms with Gasteiger partial charge in [-0.3, -0.25) is 9.69 Å². The van der Waals surface area contributed by atoms with Crippen LogP contribution in [0.15, 0.2) is 41.5 Å². The first kappa shape index (κ1) is 19.0. The maximum Gasteiger partial charge on any atom is 0.261 e. The number of halogens is 2. The number of aliphatic imine (C=N–C) groups is 1. The van der Waals surface area contributed by atoms with Gasteiger partial charge in [-0.15, -0.1) is 0 Å². The zero-order valence-electron chi connectivity index (χ0n) is 14.3. The molecule has 0 bridgehead atoms. The summed E-state index contributed by atoms with van der Waals surface area (Å²) in [6, 6.07) is 9.04. The van der Waals surface area contributed by atoms with Gasteiger partial charge >= 0.3 is 0 Å². The Hall–Kier alpha value is -1.76. The van der Waals surface area contributed by atoms with Crippen LogP contribution in [0.5, 0.6) is 5.75 Å². The number of benzene rings is 1. The molecular weight excluding hydrogens is 393 g/mol. The molecule has 136 valence electrons. The summed E-state index contributed by atoms with van der Waals surface area (Å²) in [5, 5.41) is 1.05. The van der Waals surface area contributed by atoms with Crippen LogP contribution in [-0.4, -0.2) is 39.4 Å². The van der Waals surface area contributed by atoms with Gasteiger partial charge in [-0.2, -0.15) is 0 Å². The fraction of sp³-hybridized carbons (Fsp3) is 0.278. The number of thioether (sulfide) groups is 1. The largest absolute Gasteiger partial charge is 0.492 e. The second-order valence-corrected chi connectivity index (χ2v) is 7.38. The number of hydrogen-bond acceptors (Lipinski definition) is 5. The molecular formula is C18H17Cl2N3O2S. The first-order valence-corrected chi connectivity index (χ1v) is 9.83. The third kappa shape index (κ3) is 3.98. The molecule has 5 nitrogen and oxygen atoms in total. The van der Waals surface area contributed by atoms with Gasteiger partial charge in [0.05, 0.1) is 17.2 Å². The molecule has 1 amide bonds. The van der Waals surface area contributed by atoms with Crippen molar-refractivity contribution in [2.24, 2.45) is 4.99 Å². The maximum atomic E-state index is 13.0. The summed E-state index contributed by atoms with van der Waals surface area (Å²) in [4.78, 5) is 23.3. The van der Waals surface area contributed by atoms with E-state index >= 15 is 0 Å². The predicted octanol–water partition coefficient (Wildman–Crippen LogP) is 5.05. The number of amides is 1. The Labute approximate surface area is 166 Å². The van der Waals surface area contributed by atoms with Crippen LogP contribution in [0.4, 0.5) is 5.69 Å². The summed E-state index contributed by atoms with van der Waals surface area (Å²) in [6.45, 7) is 4.44. The molecule has 26 heavy (non-hydrogen) atoms. The van der Waals surface area contributed by atoms with Gasteiger partial charge in [0.25, 0.3) is 5.91 Å². The number of pyridine rings is 1.